The molecule has 1 aliphatic rings. The van der Waals surface area contributed by atoms with Crippen LogP contribution in [0.2, 0.25) is 0 Å². The number of guanidine groups is 1. The molecule has 7 heteroatoms. The van der Waals surface area contributed by atoms with Crippen molar-refractivity contribution in [3.05, 3.63) is 35.4 Å². The highest BCUT2D eigenvalue weighted by Crippen LogP contribution is 2.12. The van der Waals surface area contributed by atoms with Crippen LogP contribution in [0.15, 0.2) is 29.3 Å². The van der Waals surface area contributed by atoms with E-state index in [1.165, 1.54) is 0 Å². The third kappa shape index (κ3) is 5.31. The third-order valence-electron chi connectivity index (χ3n) is 3.22. The SMILES string of the molecule is CC(C)NS(=O)(=O)Cc1ccccc1CNC1=NCCCN1. The van der Waals surface area contributed by atoms with E-state index in [2.05, 4.69) is 20.3 Å². The maximum atomic E-state index is 12.1. The zero-order valence-corrected chi connectivity index (χ0v) is 13.9. The number of rotatable bonds is 6. The Hall–Kier alpha value is -1.60. The Kier molecular flexibility index (Phi) is 5.79. The fourth-order valence-corrected chi connectivity index (χ4v) is 3.80. The van der Waals surface area contributed by atoms with Crippen molar-refractivity contribution in [1.29, 1.82) is 0 Å². The molecule has 2 rings (SSSR count). The van der Waals surface area contributed by atoms with E-state index >= 15 is 0 Å². The number of benzene rings is 1. The molecule has 1 aromatic carbocycles. The van der Waals surface area contributed by atoms with Crippen LogP contribution in [0.25, 0.3) is 0 Å². The summed E-state index contributed by atoms with van der Waals surface area (Å²) in [6.45, 7) is 5.93. The van der Waals surface area contributed by atoms with Crippen molar-refractivity contribution in [3.8, 4) is 0 Å². The first-order valence-electron chi connectivity index (χ1n) is 7.55. The molecule has 0 saturated carbocycles. The fraction of sp³-hybridized carbons (Fsp3) is 0.533. The third-order valence-corrected chi connectivity index (χ3v) is 4.74. The Labute approximate surface area is 132 Å². The summed E-state index contributed by atoms with van der Waals surface area (Å²) >= 11 is 0. The molecule has 0 fully saturated rings. The molecule has 0 aromatic heterocycles. The average Bonchev–Trinajstić information content (AvgIpc) is 2.45. The molecule has 3 N–H and O–H groups in total. The van der Waals surface area contributed by atoms with Crippen molar-refractivity contribution < 1.29 is 8.42 Å². The van der Waals surface area contributed by atoms with Crippen LogP contribution >= 0.6 is 0 Å². The van der Waals surface area contributed by atoms with Gasteiger partial charge < -0.3 is 10.6 Å². The second-order valence-corrected chi connectivity index (χ2v) is 7.42. The molecule has 0 amide bonds. The van der Waals surface area contributed by atoms with E-state index in [9.17, 15) is 8.42 Å². The van der Waals surface area contributed by atoms with Crippen LogP contribution in [0, 0.1) is 0 Å². The molecule has 0 bridgehead atoms. The van der Waals surface area contributed by atoms with E-state index in [-0.39, 0.29) is 11.8 Å². The van der Waals surface area contributed by atoms with E-state index in [1.54, 1.807) is 0 Å². The van der Waals surface area contributed by atoms with Crippen LogP contribution in [-0.2, 0) is 22.3 Å². The highest BCUT2D eigenvalue weighted by Gasteiger charge is 2.15. The first-order valence-corrected chi connectivity index (χ1v) is 9.20. The van der Waals surface area contributed by atoms with Crippen molar-refractivity contribution in [2.45, 2.75) is 38.6 Å². The molecule has 22 heavy (non-hydrogen) atoms. The van der Waals surface area contributed by atoms with Gasteiger partial charge in [-0.2, -0.15) is 0 Å². The Morgan fingerprint density at radius 2 is 2.00 bits per heavy atom. The minimum atomic E-state index is -3.32. The predicted octanol–water partition coefficient (Wildman–Crippen LogP) is 0.953. The van der Waals surface area contributed by atoms with E-state index in [0.717, 1.165) is 36.6 Å². The van der Waals surface area contributed by atoms with Gasteiger partial charge in [-0.05, 0) is 31.4 Å². The molecule has 0 atom stereocenters. The standard InChI is InChI=1S/C15H24N4O2S/c1-12(2)19-22(20,21)11-14-7-4-3-6-13(14)10-18-15-16-8-5-9-17-15/h3-4,6-7,12,19H,5,8-11H2,1-2H3,(H2,16,17,18). The zero-order chi connectivity index (χ0) is 16.0. The van der Waals surface area contributed by atoms with E-state index < -0.39 is 10.0 Å². The molecule has 0 aliphatic carbocycles. The van der Waals surface area contributed by atoms with Crippen molar-refractivity contribution in [2.75, 3.05) is 13.1 Å². The molecule has 0 saturated heterocycles. The normalized spacial score (nSPS) is 15.3. The maximum Gasteiger partial charge on any atom is 0.216 e. The summed E-state index contributed by atoms with van der Waals surface area (Å²) in [5.74, 6) is 0.771. The Morgan fingerprint density at radius 3 is 2.64 bits per heavy atom. The molecule has 1 heterocycles. The summed E-state index contributed by atoms with van der Waals surface area (Å²) < 4.78 is 26.8. The van der Waals surface area contributed by atoms with Gasteiger partial charge in [0.1, 0.15) is 0 Å². The second-order valence-electron chi connectivity index (χ2n) is 5.66. The molecule has 0 unspecified atom stereocenters. The molecule has 122 valence electrons. The summed E-state index contributed by atoms with van der Waals surface area (Å²) in [6.07, 6.45) is 1.04. The van der Waals surface area contributed by atoms with Gasteiger partial charge in [0.25, 0.3) is 0 Å². The lowest BCUT2D eigenvalue weighted by atomic mass is 10.1. The zero-order valence-electron chi connectivity index (χ0n) is 13.1. The van der Waals surface area contributed by atoms with Crippen LogP contribution in [0.4, 0.5) is 0 Å². The lowest BCUT2D eigenvalue weighted by molar-refractivity contribution is 0.568. The summed E-state index contributed by atoms with van der Waals surface area (Å²) in [7, 11) is -3.32. The minimum absolute atomic E-state index is 0.0110. The van der Waals surface area contributed by atoms with Gasteiger partial charge in [-0.15, -0.1) is 0 Å². The number of hydrogen-bond acceptors (Lipinski definition) is 5. The molecule has 1 aromatic rings. The van der Waals surface area contributed by atoms with Gasteiger partial charge >= 0.3 is 0 Å². The highest BCUT2D eigenvalue weighted by molar-refractivity contribution is 7.88. The molecule has 6 nitrogen and oxygen atoms in total. The van der Waals surface area contributed by atoms with Gasteiger partial charge in [-0.25, -0.2) is 13.1 Å². The lowest BCUT2D eigenvalue weighted by Crippen LogP contribution is -2.40. The number of sulfonamides is 1. The van der Waals surface area contributed by atoms with Crippen LogP contribution < -0.4 is 15.4 Å². The van der Waals surface area contributed by atoms with Gasteiger partial charge in [0, 0.05) is 25.7 Å². The van der Waals surface area contributed by atoms with Crippen molar-refractivity contribution in [3.63, 3.8) is 0 Å². The Balaban J connectivity index is 2.05. The van der Waals surface area contributed by atoms with Crippen LogP contribution in [-0.4, -0.2) is 33.5 Å². The minimum Gasteiger partial charge on any atom is -0.356 e. The Bertz CT molecular complexity index is 626. The molecular weight excluding hydrogens is 300 g/mol. The molecule has 0 spiro atoms. The van der Waals surface area contributed by atoms with Gasteiger partial charge in [0.15, 0.2) is 5.96 Å². The average molecular weight is 324 g/mol. The Morgan fingerprint density at radius 1 is 1.27 bits per heavy atom. The van der Waals surface area contributed by atoms with Crippen LogP contribution in [0.3, 0.4) is 0 Å². The molecule has 0 radical (unpaired) electrons. The van der Waals surface area contributed by atoms with Crippen molar-refractivity contribution in [1.82, 2.24) is 15.4 Å². The second kappa shape index (κ2) is 7.60. The predicted molar refractivity (Wildman–Crippen MR) is 89.1 cm³/mol. The van der Waals surface area contributed by atoms with Crippen LogP contribution in [0.5, 0.6) is 0 Å². The van der Waals surface area contributed by atoms with Gasteiger partial charge in [0.2, 0.25) is 10.0 Å². The number of nitrogens with one attached hydrogen (secondary N) is 3. The number of hydrogen-bond donors (Lipinski definition) is 3. The van der Waals surface area contributed by atoms with Crippen LogP contribution in [0.1, 0.15) is 31.4 Å². The summed E-state index contributed by atoms with van der Waals surface area (Å²) in [4.78, 5) is 4.35. The van der Waals surface area contributed by atoms with Gasteiger partial charge in [-0.1, -0.05) is 24.3 Å². The summed E-state index contributed by atoms with van der Waals surface area (Å²) in [6, 6.07) is 7.47. The topological polar surface area (TPSA) is 82.6 Å². The number of nitrogens with zero attached hydrogens (tertiary/aromatic N) is 1. The summed E-state index contributed by atoms with van der Waals surface area (Å²) in [5, 5.41) is 6.42. The largest absolute Gasteiger partial charge is 0.356 e. The smallest absolute Gasteiger partial charge is 0.216 e. The first kappa shape index (κ1) is 16.8. The summed E-state index contributed by atoms with van der Waals surface area (Å²) in [5.41, 5.74) is 1.77. The first-order chi connectivity index (χ1) is 10.5. The van der Waals surface area contributed by atoms with Gasteiger partial charge in [-0.3, -0.25) is 4.99 Å². The monoisotopic (exact) mass is 324 g/mol. The molecule has 1 aliphatic heterocycles. The molecular formula is C15H24N4O2S. The fourth-order valence-electron chi connectivity index (χ4n) is 2.31. The van der Waals surface area contributed by atoms with Crippen molar-refractivity contribution in [2.24, 2.45) is 4.99 Å². The van der Waals surface area contributed by atoms with E-state index in [0.29, 0.717) is 6.54 Å². The maximum absolute atomic E-state index is 12.1. The lowest BCUT2D eigenvalue weighted by Gasteiger charge is -2.17. The number of aliphatic imine (C=N–C) groups is 1. The quantitative estimate of drug-likeness (QED) is 0.728. The highest BCUT2D eigenvalue weighted by atomic mass is 32.2. The van der Waals surface area contributed by atoms with E-state index in [1.807, 2.05) is 38.1 Å². The van der Waals surface area contributed by atoms with Gasteiger partial charge in [0.05, 0.1) is 5.75 Å². The van der Waals surface area contributed by atoms with Crippen molar-refractivity contribution >= 4 is 16.0 Å². The van der Waals surface area contributed by atoms with E-state index in [4.69, 9.17) is 0 Å².